The lowest BCUT2D eigenvalue weighted by Gasteiger charge is -2.35. The zero-order chi connectivity index (χ0) is 13.0. The Bertz CT molecular complexity index is 366. The van der Waals surface area contributed by atoms with Crippen molar-refractivity contribution >= 4 is 5.82 Å². The smallest absolute Gasteiger partial charge is 0.151 e. The highest BCUT2D eigenvalue weighted by molar-refractivity contribution is 5.39. The third kappa shape index (κ3) is 3.17. The Morgan fingerprint density at radius 2 is 2.28 bits per heavy atom. The van der Waals surface area contributed by atoms with E-state index in [-0.39, 0.29) is 6.04 Å². The Morgan fingerprint density at radius 1 is 1.44 bits per heavy atom. The van der Waals surface area contributed by atoms with Gasteiger partial charge in [0.15, 0.2) is 5.82 Å². The van der Waals surface area contributed by atoms with Crippen LogP contribution in [0.4, 0.5) is 5.82 Å². The molecule has 0 bridgehead atoms. The minimum atomic E-state index is 0.212. The zero-order valence-corrected chi connectivity index (χ0v) is 11.2. The highest BCUT2D eigenvalue weighted by Crippen LogP contribution is 2.16. The number of morpholine rings is 1. The van der Waals surface area contributed by atoms with Crippen LogP contribution in [-0.4, -0.2) is 42.5 Å². The highest BCUT2D eigenvalue weighted by Gasteiger charge is 2.23. The van der Waals surface area contributed by atoms with Gasteiger partial charge in [0.1, 0.15) is 0 Å². The van der Waals surface area contributed by atoms with E-state index in [4.69, 9.17) is 10.5 Å². The van der Waals surface area contributed by atoms with E-state index < -0.39 is 0 Å². The summed E-state index contributed by atoms with van der Waals surface area (Å²) in [6.07, 6.45) is 0.969. The lowest BCUT2D eigenvalue weighted by molar-refractivity contribution is 0.0957. The van der Waals surface area contributed by atoms with E-state index in [2.05, 4.69) is 35.0 Å². The van der Waals surface area contributed by atoms with Gasteiger partial charge in [-0.15, -0.1) is 5.10 Å². The summed E-state index contributed by atoms with van der Waals surface area (Å²) in [5.41, 5.74) is 6.80. The van der Waals surface area contributed by atoms with Gasteiger partial charge in [-0.2, -0.15) is 5.10 Å². The van der Waals surface area contributed by atoms with Gasteiger partial charge in [-0.1, -0.05) is 13.8 Å². The Morgan fingerprint density at radius 3 is 2.89 bits per heavy atom. The molecule has 0 radical (unpaired) electrons. The van der Waals surface area contributed by atoms with Gasteiger partial charge in [0.2, 0.25) is 0 Å². The monoisotopic (exact) mass is 250 g/mol. The van der Waals surface area contributed by atoms with Crippen LogP contribution in [0.25, 0.3) is 0 Å². The highest BCUT2D eigenvalue weighted by atomic mass is 16.5. The van der Waals surface area contributed by atoms with E-state index in [1.54, 1.807) is 0 Å². The first-order valence-corrected chi connectivity index (χ1v) is 6.57. The standard InChI is InChI=1S/C13H22N4O/c1-10(2)7-11-3-4-13(16-15-11)17-5-6-18-9-12(17)8-14/h3-4,10,12H,5-9,14H2,1-2H3. The lowest BCUT2D eigenvalue weighted by atomic mass is 10.1. The predicted molar refractivity (Wildman–Crippen MR) is 71.6 cm³/mol. The molecule has 1 aromatic heterocycles. The summed E-state index contributed by atoms with van der Waals surface area (Å²) >= 11 is 0. The number of aromatic nitrogens is 2. The Kier molecular flexibility index (Phi) is 4.49. The Hall–Kier alpha value is -1.20. The lowest BCUT2D eigenvalue weighted by Crippen LogP contribution is -2.49. The van der Waals surface area contributed by atoms with E-state index in [0.29, 0.717) is 19.1 Å². The fourth-order valence-electron chi connectivity index (χ4n) is 2.18. The molecular weight excluding hydrogens is 228 g/mol. The molecule has 2 N–H and O–H groups in total. The summed E-state index contributed by atoms with van der Waals surface area (Å²) in [5.74, 6) is 1.51. The molecule has 100 valence electrons. The summed E-state index contributed by atoms with van der Waals surface area (Å²) in [6.45, 7) is 7.18. The van der Waals surface area contributed by atoms with Crippen molar-refractivity contribution in [3.8, 4) is 0 Å². The molecule has 0 aromatic carbocycles. The van der Waals surface area contributed by atoms with E-state index in [1.165, 1.54) is 0 Å². The summed E-state index contributed by atoms with van der Waals surface area (Å²) in [6, 6.07) is 4.31. The van der Waals surface area contributed by atoms with Crippen molar-refractivity contribution in [1.29, 1.82) is 0 Å². The van der Waals surface area contributed by atoms with E-state index in [9.17, 15) is 0 Å². The molecule has 5 nitrogen and oxygen atoms in total. The molecule has 2 heterocycles. The molecule has 1 aliphatic rings. The van der Waals surface area contributed by atoms with Gasteiger partial charge >= 0.3 is 0 Å². The first-order chi connectivity index (χ1) is 8.70. The van der Waals surface area contributed by atoms with Gasteiger partial charge in [0, 0.05) is 13.1 Å². The maximum atomic E-state index is 5.76. The number of ether oxygens (including phenoxy) is 1. The normalized spacial score (nSPS) is 20.4. The maximum Gasteiger partial charge on any atom is 0.151 e. The van der Waals surface area contributed by atoms with Crippen molar-refractivity contribution in [2.75, 3.05) is 31.2 Å². The molecule has 1 aliphatic heterocycles. The quantitative estimate of drug-likeness (QED) is 0.858. The van der Waals surface area contributed by atoms with Crippen molar-refractivity contribution in [1.82, 2.24) is 10.2 Å². The number of rotatable bonds is 4. The van der Waals surface area contributed by atoms with Crippen molar-refractivity contribution < 1.29 is 4.74 Å². The van der Waals surface area contributed by atoms with Crippen LogP contribution in [0.5, 0.6) is 0 Å². The van der Waals surface area contributed by atoms with Gasteiger partial charge in [-0.3, -0.25) is 0 Å². The van der Waals surface area contributed by atoms with Gasteiger partial charge < -0.3 is 15.4 Å². The van der Waals surface area contributed by atoms with E-state index in [1.807, 2.05) is 6.07 Å². The van der Waals surface area contributed by atoms with Crippen molar-refractivity contribution in [2.45, 2.75) is 26.3 Å². The molecule has 1 atom stereocenters. The number of hydrogen-bond acceptors (Lipinski definition) is 5. The average molecular weight is 250 g/mol. The topological polar surface area (TPSA) is 64.3 Å². The number of nitrogens with zero attached hydrogens (tertiary/aromatic N) is 3. The zero-order valence-electron chi connectivity index (χ0n) is 11.2. The summed E-state index contributed by atoms with van der Waals surface area (Å²) in [5, 5.41) is 8.61. The largest absolute Gasteiger partial charge is 0.377 e. The Balaban J connectivity index is 2.07. The molecule has 0 amide bonds. The van der Waals surface area contributed by atoms with Crippen molar-refractivity contribution in [3.05, 3.63) is 17.8 Å². The SMILES string of the molecule is CC(C)Cc1ccc(N2CCOCC2CN)nn1. The van der Waals surface area contributed by atoms with Crippen LogP contribution in [0, 0.1) is 5.92 Å². The second-order valence-corrected chi connectivity index (χ2v) is 5.14. The minimum absolute atomic E-state index is 0.212. The molecule has 5 heteroatoms. The molecular formula is C13H22N4O. The molecule has 1 unspecified atom stereocenters. The van der Waals surface area contributed by atoms with Crippen LogP contribution in [-0.2, 0) is 11.2 Å². The van der Waals surface area contributed by atoms with E-state index in [0.717, 1.165) is 31.1 Å². The van der Waals surface area contributed by atoms with Crippen LogP contribution in [0.2, 0.25) is 0 Å². The molecule has 1 aromatic rings. The van der Waals surface area contributed by atoms with Crippen LogP contribution in [0.3, 0.4) is 0 Å². The molecule has 0 spiro atoms. The summed E-state index contributed by atoms with van der Waals surface area (Å²) in [4.78, 5) is 2.19. The van der Waals surface area contributed by atoms with Gasteiger partial charge in [0.05, 0.1) is 24.9 Å². The molecule has 18 heavy (non-hydrogen) atoms. The number of anilines is 1. The Labute approximate surface area is 108 Å². The van der Waals surface area contributed by atoms with Gasteiger partial charge in [0.25, 0.3) is 0 Å². The third-order valence-electron chi connectivity index (χ3n) is 3.12. The van der Waals surface area contributed by atoms with E-state index >= 15 is 0 Å². The third-order valence-corrected chi connectivity index (χ3v) is 3.12. The first-order valence-electron chi connectivity index (χ1n) is 6.57. The average Bonchev–Trinajstić information content (AvgIpc) is 2.39. The summed E-state index contributed by atoms with van der Waals surface area (Å²) < 4.78 is 5.43. The predicted octanol–water partition coefficient (Wildman–Crippen LogP) is 0.839. The van der Waals surface area contributed by atoms with Gasteiger partial charge in [-0.05, 0) is 24.5 Å². The van der Waals surface area contributed by atoms with Crippen molar-refractivity contribution in [3.63, 3.8) is 0 Å². The molecule has 0 aliphatic carbocycles. The number of hydrogen-bond donors (Lipinski definition) is 1. The number of nitrogens with two attached hydrogens (primary N) is 1. The van der Waals surface area contributed by atoms with Crippen LogP contribution in [0.1, 0.15) is 19.5 Å². The second kappa shape index (κ2) is 6.11. The van der Waals surface area contributed by atoms with Crippen molar-refractivity contribution in [2.24, 2.45) is 11.7 Å². The fraction of sp³-hybridized carbons (Fsp3) is 0.692. The fourth-order valence-corrected chi connectivity index (χ4v) is 2.18. The van der Waals surface area contributed by atoms with Gasteiger partial charge in [-0.25, -0.2) is 0 Å². The molecule has 1 saturated heterocycles. The molecule has 1 fully saturated rings. The van der Waals surface area contributed by atoms with Crippen LogP contribution in [0.15, 0.2) is 12.1 Å². The minimum Gasteiger partial charge on any atom is -0.377 e. The molecule has 0 saturated carbocycles. The second-order valence-electron chi connectivity index (χ2n) is 5.14. The summed E-state index contributed by atoms with van der Waals surface area (Å²) in [7, 11) is 0. The van der Waals surface area contributed by atoms with Crippen LogP contribution >= 0.6 is 0 Å². The maximum absolute atomic E-state index is 5.76. The first kappa shape index (κ1) is 13.2. The van der Waals surface area contributed by atoms with Crippen LogP contribution < -0.4 is 10.6 Å². The molecule has 2 rings (SSSR count).